The number of aromatic nitrogens is 1. The van der Waals surface area contributed by atoms with Crippen molar-refractivity contribution < 1.29 is 9.18 Å². The van der Waals surface area contributed by atoms with Gasteiger partial charge in [-0.2, -0.15) is 0 Å². The molecule has 0 unspecified atom stereocenters. The van der Waals surface area contributed by atoms with E-state index in [1.54, 1.807) is 24.4 Å². The summed E-state index contributed by atoms with van der Waals surface area (Å²) in [5.41, 5.74) is 6.92. The molecule has 1 heterocycles. The minimum absolute atomic E-state index is 0.0204. The molecule has 7 N–H and O–H groups in total. The number of likely N-dealkylation sites (N-methyl/N-ethyl adjacent to an activating group) is 1. The third kappa shape index (κ3) is 5.79. The maximum atomic E-state index is 14.7. The van der Waals surface area contributed by atoms with Crippen LogP contribution in [0.1, 0.15) is 36.0 Å². The van der Waals surface area contributed by atoms with Crippen LogP contribution in [0.15, 0.2) is 42.6 Å². The zero-order valence-corrected chi connectivity index (χ0v) is 17.4. The second-order valence-corrected chi connectivity index (χ2v) is 7.38. The molecule has 1 fully saturated rings. The molecule has 8 nitrogen and oxygen atoms in total. The molecule has 2 aromatic rings. The number of nitrogens with two attached hydrogens (primary N) is 1. The van der Waals surface area contributed by atoms with Gasteiger partial charge in [-0.05, 0) is 56.3 Å². The summed E-state index contributed by atoms with van der Waals surface area (Å²) in [4.78, 5) is 16.2. The van der Waals surface area contributed by atoms with Crippen LogP contribution in [0.3, 0.4) is 0 Å². The fourth-order valence-corrected chi connectivity index (χ4v) is 3.68. The van der Waals surface area contributed by atoms with Crippen molar-refractivity contribution in [3.05, 3.63) is 54.0 Å². The van der Waals surface area contributed by atoms with Crippen molar-refractivity contribution in [1.29, 1.82) is 5.41 Å². The first kappa shape index (κ1) is 22.2. The van der Waals surface area contributed by atoms with Crippen molar-refractivity contribution in [2.24, 2.45) is 5.73 Å². The number of pyridine rings is 1. The summed E-state index contributed by atoms with van der Waals surface area (Å²) >= 11 is 0. The summed E-state index contributed by atoms with van der Waals surface area (Å²) in [7, 11) is 1.90. The number of primary amides is 1. The largest absolute Gasteiger partial charge is 0.365 e. The van der Waals surface area contributed by atoms with E-state index in [0.29, 0.717) is 5.69 Å². The third-order valence-electron chi connectivity index (χ3n) is 5.29. The smallest absolute Gasteiger partial charge is 0.252 e. The Balaban J connectivity index is 1.82. The first-order chi connectivity index (χ1) is 15.0. The van der Waals surface area contributed by atoms with Crippen LogP contribution >= 0.6 is 0 Å². The van der Waals surface area contributed by atoms with Crippen LogP contribution in [0.2, 0.25) is 0 Å². The summed E-state index contributed by atoms with van der Waals surface area (Å²) in [5, 5.41) is 19.5. The Hall–Kier alpha value is -3.46. The van der Waals surface area contributed by atoms with Gasteiger partial charge in [-0.3, -0.25) is 4.79 Å². The highest BCUT2D eigenvalue weighted by molar-refractivity contribution is 5.98. The van der Waals surface area contributed by atoms with Crippen molar-refractivity contribution in [1.82, 2.24) is 10.3 Å². The molecular weight excluding hydrogens is 397 g/mol. The van der Waals surface area contributed by atoms with Gasteiger partial charge in [-0.15, -0.1) is 0 Å². The molecule has 1 aromatic carbocycles. The lowest BCUT2D eigenvalue weighted by Crippen LogP contribution is -2.45. The van der Waals surface area contributed by atoms with E-state index in [9.17, 15) is 9.18 Å². The quantitative estimate of drug-likeness (QED) is 0.341. The van der Waals surface area contributed by atoms with E-state index in [0.717, 1.165) is 37.4 Å². The SMILES string of the molecule is CN[C@H]1CCCC[C@H]1Nc1nc(Nc2ccc(N/C=C\C=N)cc2)c(C(N)=O)cc1F. The molecule has 0 spiro atoms. The molecule has 1 aliphatic carbocycles. The Morgan fingerprint density at radius 2 is 1.84 bits per heavy atom. The molecule has 0 radical (unpaired) electrons. The van der Waals surface area contributed by atoms with Crippen molar-refractivity contribution >= 4 is 35.1 Å². The Labute approximate surface area is 181 Å². The van der Waals surface area contributed by atoms with Gasteiger partial charge in [-0.1, -0.05) is 12.8 Å². The molecule has 1 aliphatic rings. The summed E-state index contributed by atoms with van der Waals surface area (Å²) in [6.45, 7) is 0. The molecule has 1 amide bonds. The van der Waals surface area contributed by atoms with E-state index < -0.39 is 11.7 Å². The number of amides is 1. The fourth-order valence-electron chi connectivity index (χ4n) is 3.68. The number of anilines is 4. The molecule has 164 valence electrons. The van der Waals surface area contributed by atoms with Crippen LogP contribution in [-0.4, -0.2) is 36.2 Å². The summed E-state index contributed by atoms with van der Waals surface area (Å²) in [6, 6.07) is 8.63. The predicted molar refractivity (Wildman–Crippen MR) is 123 cm³/mol. The molecule has 1 saturated carbocycles. The van der Waals surface area contributed by atoms with E-state index in [4.69, 9.17) is 11.1 Å². The fraction of sp³-hybridized carbons (Fsp3) is 0.318. The number of hydrogen-bond acceptors (Lipinski definition) is 7. The molecular formula is C22H28FN7O. The highest BCUT2D eigenvalue weighted by atomic mass is 19.1. The van der Waals surface area contributed by atoms with Crippen LogP contribution in [-0.2, 0) is 0 Å². The highest BCUT2D eigenvalue weighted by Crippen LogP contribution is 2.27. The monoisotopic (exact) mass is 425 g/mol. The number of carbonyl (C=O) groups excluding carboxylic acids is 1. The lowest BCUT2D eigenvalue weighted by molar-refractivity contribution is 0.100. The molecule has 31 heavy (non-hydrogen) atoms. The summed E-state index contributed by atoms with van der Waals surface area (Å²) in [6.07, 6.45) is 8.50. The second-order valence-electron chi connectivity index (χ2n) is 7.38. The minimum atomic E-state index is -0.763. The molecule has 9 heteroatoms. The lowest BCUT2D eigenvalue weighted by Gasteiger charge is -2.32. The van der Waals surface area contributed by atoms with Gasteiger partial charge in [0.05, 0.1) is 5.56 Å². The van der Waals surface area contributed by atoms with Crippen molar-refractivity contribution in [3.63, 3.8) is 0 Å². The van der Waals surface area contributed by atoms with Gasteiger partial charge in [0.2, 0.25) is 0 Å². The van der Waals surface area contributed by atoms with Gasteiger partial charge in [0, 0.05) is 35.9 Å². The molecule has 0 bridgehead atoms. The first-order valence-corrected chi connectivity index (χ1v) is 10.2. The Morgan fingerprint density at radius 3 is 2.48 bits per heavy atom. The normalized spacial score (nSPS) is 18.5. The van der Waals surface area contributed by atoms with Gasteiger partial charge in [0.15, 0.2) is 11.6 Å². The zero-order valence-electron chi connectivity index (χ0n) is 17.4. The number of benzene rings is 1. The number of allylic oxidation sites excluding steroid dienone is 1. The average molecular weight is 426 g/mol. The maximum absolute atomic E-state index is 14.7. The summed E-state index contributed by atoms with van der Waals surface area (Å²) in [5.74, 6) is -1.09. The number of nitrogens with one attached hydrogen (secondary N) is 5. The number of halogens is 1. The van der Waals surface area contributed by atoms with E-state index >= 15 is 0 Å². The summed E-state index contributed by atoms with van der Waals surface area (Å²) < 4.78 is 14.7. The Bertz CT molecular complexity index is 946. The Kier molecular flexibility index (Phi) is 7.55. The van der Waals surface area contributed by atoms with Crippen molar-refractivity contribution in [2.45, 2.75) is 37.8 Å². The van der Waals surface area contributed by atoms with Crippen LogP contribution in [0.25, 0.3) is 0 Å². The molecule has 0 saturated heterocycles. The highest BCUT2D eigenvalue weighted by Gasteiger charge is 2.26. The van der Waals surface area contributed by atoms with Crippen LogP contribution in [0, 0.1) is 11.2 Å². The molecule has 1 aromatic heterocycles. The van der Waals surface area contributed by atoms with Gasteiger partial charge in [-0.25, -0.2) is 9.37 Å². The third-order valence-corrected chi connectivity index (χ3v) is 5.29. The van der Waals surface area contributed by atoms with Gasteiger partial charge >= 0.3 is 0 Å². The number of rotatable bonds is 9. The van der Waals surface area contributed by atoms with Crippen molar-refractivity contribution in [3.8, 4) is 0 Å². The average Bonchev–Trinajstić information content (AvgIpc) is 2.77. The minimum Gasteiger partial charge on any atom is -0.365 e. The Morgan fingerprint density at radius 1 is 1.16 bits per heavy atom. The van der Waals surface area contributed by atoms with Crippen LogP contribution < -0.4 is 27.0 Å². The van der Waals surface area contributed by atoms with E-state index in [-0.39, 0.29) is 29.3 Å². The lowest BCUT2D eigenvalue weighted by atomic mass is 9.90. The molecule has 0 aliphatic heterocycles. The topological polar surface area (TPSA) is 128 Å². The standard InChI is InChI=1S/C22H28FN7O/c1-26-18-5-2-3-6-19(18)29-22-17(23)13-16(20(25)31)21(30-22)28-15-9-7-14(8-10-15)27-12-4-11-24/h4,7-13,18-19,24,26-27H,2-3,5-6H2,1H3,(H2,25,31)(H2,28,29,30)/b12-4-,24-11?/t18-,19+/m0/s1. The number of nitrogens with zero attached hydrogens (tertiary/aromatic N) is 1. The van der Waals surface area contributed by atoms with Gasteiger partial charge in [0.25, 0.3) is 5.91 Å². The zero-order chi connectivity index (χ0) is 22.2. The molecule has 2 atom stereocenters. The van der Waals surface area contributed by atoms with Crippen molar-refractivity contribution in [2.75, 3.05) is 23.0 Å². The first-order valence-electron chi connectivity index (χ1n) is 10.2. The van der Waals surface area contributed by atoms with Crippen LogP contribution in [0.4, 0.5) is 27.4 Å². The second kappa shape index (κ2) is 10.5. The number of carbonyl (C=O) groups is 1. The van der Waals surface area contributed by atoms with Gasteiger partial charge in [0.1, 0.15) is 5.82 Å². The molecule has 3 rings (SSSR count). The van der Waals surface area contributed by atoms with Crippen LogP contribution in [0.5, 0.6) is 0 Å². The maximum Gasteiger partial charge on any atom is 0.252 e. The predicted octanol–water partition coefficient (Wildman–Crippen LogP) is 3.58. The van der Waals surface area contributed by atoms with E-state index in [1.807, 2.05) is 19.2 Å². The van der Waals surface area contributed by atoms with E-state index in [2.05, 4.69) is 26.3 Å². The van der Waals surface area contributed by atoms with Gasteiger partial charge < -0.3 is 32.4 Å². The number of hydrogen-bond donors (Lipinski definition) is 6. The van der Waals surface area contributed by atoms with E-state index in [1.165, 1.54) is 6.21 Å².